The lowest BCUT2D eigenvalue weighted by molar-refractivity contribution is -0.146. The van der Waals surface area contributed by atoms with E-state index >= 15 is 0 Å². The van der Waals surface area contributed by atoms with Crippen molar-refractivity contribution in [3.63, 3.8) is 0 Å². The van der Waals surface area contributed by atoms with Crippen LogP contribution in [0.15, 0.2) is 18.2 Å². The molecule has 0 aromatic heterocycles. The molecule has 1 aromatic carbocycles. The van der Waals surface area contributed by atoms with Gasteiger partial charge in [-0.3, -0.25) is 0 Å². The molecule has 1 aliphatic rings. The van der Waals surface area contributed by atoms with Crippen molar-refractivity contribution in [1.29, 1.82) is 0 Å². The quantitative estimate of drug-likeness (QED) is 0.848. The van der Waals surface area contributed by atoms with Gasteiger partial charge in [0.05, 0.1) is 11.6 Å². The van der Waals surface area contributed by atoms with Crippen LogP contribution in [0.4, 0.5) is 0 Å². The lowest BCUT2D eigenvalue weighted by atomic mass is 10.1. The molecule has 1 aliphatic carbocycles. The van der Waals surface area contributed by atoms with Crippen molar-refractivity contribution in [3.8, 4) is 5.75 Å². The maximum absolute atomic E-state index is 10.6. The number of hydrogen-bond donors (Lipinski definition) is 2. The van der Waals surface area contributed by atoms with Gasteiger partial charge < -0.3 is 14.9 Å². The highest BCUT2D eigenvalue weighted by Crippen LogP contribution is 2.32. The van der Waals surface area contributed by atoms with Gasteiger partial charge in [0.1, 0.15) is 5.75 Å². The van der Waals surface area contributed by atoms with E-state index in [1.807, 2.05) is 0 Å². The summed E-state index contributed by atoms with van der Waals surface area (Å²) in [7, 11) is 0. The van der Waals surface area contributed by atoms with Crippen molar-refractivity contribution in [1.82, 2.24) is 0 Å². The van der Waals surface area contributed by atoms with Crippen LogP contribution in [-0.4, -0.2) is 22.8 Å². The highest BCUT2D eigenvalue weighted by atomic mass is 35.5. The summed E-state index contributed by atoms with van der Waals surface area (Å²) in [6.45, 7) is 0.639. The van der Waals surface area contributed by atoms with Gasteiger partial charge in [0.15, 0.2) is 6.10 Å². The molecule has 4 nitrogen and oxygen atoms in total. The fourth-order valence-electron chi connectivity index (χ4n) is 1.44. The van der Waals surface area contributed by atoms with Gasteiger partial charge in [-0.15, -0.1) is 0 Å². The Labute approximate surface area is 104 Å². The second kappa shape index (κ2) is 4.94. The fourth-order valence-corrected chi connectivity index (χ4v) is 1.68. The van der Waals surface area contributed by atoms with Crippen LogP contribution in [0.2, 0.25) is 5.02 Å². The minimum absolute atomic E-state index is 0.251. The third-order valence-corrected chi connectivity index (χ3v) is 2.97. The Morgan fingerprint density at radius 3 is 2.76 bits per heavy atom. The number of hydrogen-bond acceptors (Lipinski definition) is 3. The van der Waals surface area contributed by atoms with Crippen molar-refractivity contribution >= 4 is 17.6 Å². The normalized spacial score (nSPS) is 16.6. The van der Waals surface area contributed by atoms with Crippen molar-refractivity contribution in [2.45, 2.75) is 18.9 Å². The van der Waals surface area contributed by atoms with Crippen LogP contribution in [0, 0.1) is 5.92 Å². The zero-order valence-corrected chi connectivity index (χ0v) is 9.85. The summed E-state index contributed by atoms with van der Waals surface area (Å²) in [5.41, 5.74) is 0.251. The van der Waals surface area contributed by atoms with E-state index in [1.54, 1.807) is 6.07 Å². The van der Waals surface area contributed by atoms with Gasteiger partial charge in [-0.2, -0.15) is 0 Å². The zero-order valence-electron chi connectivity index (χ0n) is 9.10. The molecule has 1 atom stereocenters. The topological polar surface area (TPSA) is 66.8 Å². The van der Waals surface area contributed by atoms with Crippen LogP contribution < -0.4 is 4.74 Å². The number of aliphatic hydroxyl groups is 1. The number of aliphatic carboxylic acids is 1. The molecular weight excluding hydrogens is 244 g/mol. The van der Waals surface area contributed by atoms with Crippen LogP contribution >= 0.6 is 11.6 Å². The molecule has 1 unspecified atom stereocenters. The van der Waals surface area contributed by atoms with Gasteiger partial charge >= 0.3 is 5.97 Å². The summed E-state index contributed by atoms with van der Waals surface area (Å²) >= 11 is 5.95. The van der Waals surface area contributed by atoms with Gasteiger partial charge in [0.2, 0.25) is 0 Å². The highest BCUT2D eigenvalue weighted by molar-refractivity contribution is 6.32. The summed E-state index contributed by atoms with van der Waals surface area (Å²) < 4.78 is 5.49. The predicted molar refractivity (Wildman–Crippen MR) is 62.3 cm³/mol. The molecule has 5 heteroatoms. The minimum atomic E-state index is -1.55. The number of benzene rings is 1. The predicted octanol–water partition coefficient (Wildman–Crippen LogP) is 2.25. The average Bonchev–Trinajstić information content (AvgIpc) is 3.10. The first kappa shape index (κ1) is 12.2. The van der Waals surface area contributed by atoms with Crippen molar-refractivity contribution < 1.29 is 19.7 Å². The molecule has 0 spiro atoms. The molecule has 1 fully saturated rings. The third-order valence-electron chi connectivity index (χ3n) is 2.68. The minimum Gasteiger partial charge on any atom is -0.492 e. The molecule has 2 rings (SSSR count). The monoisotopic (exact) mass is 256 g/mol. The van der Waals surface area contributed by atoms with E-state index in [0.29, 0.717) is 23.3 Å². The van der Waals surface area contributed by atoms with Crippen molar-refractivity contribution in [2.75, 3.05) is 6.61 Å². The largest absolute Gasteiger partial charge is 0.492 e. The molecular formula is C12H13ClO4. The molecule has 0 radical (unpaired) electrons. The van der Waals surface area contributed by atoms with E-state index < -0.39 is 12.1 Å². The molecule has 2 N–H and O–H groups in total. The lowest BCUT2D eigenvalue weighted by Crippen LogP contribution is -2.10. The summed E-state index contributed by atoms with van der Waals surface area (Å²) in [6, 6.07) is 4.52. The number of carbonyl (C=O) groups is 1. The molecule has 0 heterocycles. The van der Waals surface area contributed by atoms with E-state index in [1.165, 1.54) is 25.0 Å². The molecule has 1 saturated carbocycles. The third kappa shape index (κ3) is 3.11. The fraction of sp³-hybridized carbons (Fsp3) is 0.417. The summed E-state index contributed by atoms with van der Waals surface area (Å²) in [4.78, 5) is 10.6. The van der Waals surface area contributed by atoms with Crippen LogP contribution in [0.1, 0.15) is 24.5 Å². The maximum atomic E-state index is 10.6. The molecule has 0 bridgehead atoms. The van der Waals surface area contributed by atoms with Gasteiger partial charge in [-0.05, 0) is 36.5 Å². The second-order valence-corrected chi connectivity index (χ2v) is 4.59. The number of rotatable bonds is 5. The van der Waals surface area contributed by atoms with E-state index in [0.717, 1.165) is 0 Å². The number of carboxylic acids is 1. The Balaban J connectivity index is 2.07. The molecule has 1 aromatic rings. The van der Waals surface area contributed by atoms with E-state index in [9.17, 15) is 9.90 Å². The Bertz CT molecular complexity index is 429. The first-order valence-corrected chi connectivity index (χ1v) is 5.79. The summed E-state index contributed by atoms with van der Waals surface area (Å²) in [5, 5.41) is 18.3. The van der Waals surface area contributed by atoms with Gasteiger partial charge in [0.25, 0.3) is 0 Å². The summed E-state index contributed by atoms with van der Waals surface area (Å²) in [6.07, 6.45) is 0.825. The lowest BCUT2D eigenvalue weighted by Gasteiger charge is -2.10. The molecule has 0 aliphatic heterocycles. The van der Waals surface area contributed by atoms with Gasteiger partial charge in [0, 0.05) is 0 Å². The average molecular weight is 257 g/mol. The number of ether oxygens (including phenoxy) is 1. The molecule has 0 saturated heterocycles. The van der Waals surface area contributed by atoms with Gasteiger partial charge in [-0.1, -0.05) is 17.7 Å². The van der Waals surface area contributed by atoms with Crippen LogP contribution in [0.25, 0.3) is 0 Å². The van der Waals surface area contributed by atoms with Crippen molar-refractivity contribution in [2.24, 2.45) is 5.92 Å². The summed E-state index contributed by atoms with van der Waals surface area (Å²) in [5.74, 6) is -0.150. The Morgan fingerprint density at radius 1 is 1.53 bits per heavy atom. The van der Waals surface area contributed by atoms with Crippen LogP contribution in [0.5, 0.6) is 5.75 Å². The molecule has 0 amide bonds. The van der Waals surface area contributed by atoms with E-state index in [2.05, 4.69) is 0 Å². The smallest absolute Gasteiger partial charge is 0.337 e. The maximum Gasteiger partial charge on any atom is 0.337 e. The molecule has 17 heavy (non-hydrogen) atoms. The zero-order chi connectivity index (χ0) is 12.4. The first-order chi connectivity index (χ1) is 8.08. The van der Waals surface area contributed by atoms with E-state index in [4.69, 9.17) is 21.4 Å². The second-order valence-electron chi connectivity index (χ2n) is 4.19. The number of carboxylic acid groups (broad SMARTS) is 1. The van der Waals surface area contributed by atoms with Crippen LogP contribution in [0.3, 0.4) is 0 Å². The SMILES string of the molecule is O=C(O)C(O)c1ccc(OCC2CC2)c(Cl)c1. The Kier molecular flexibility index (Phi) is 3.54. The Morgan fingerprint density at radius 2 is 2.24 bits per heavy atom. The molecule has 92 valence electrons. The number of aliphatic hydroxyl groups excluding tert-OH is 1. The first-order valence-electron chi connectivity index (χ1n) is 5.41. The van der Waals surface area contributed by atoms with Gasteiger partial charge in [-0.25, -0.2) is 4.79 Å². The Hall–Kier alpha value is -1.26. The van der Waals surface area contributed by atoms with Crippen molar-refractivity contribution in [3.05, 3.63) is 28.8 Å². The van der Waals surface area contributed by atoms with Crippen LogP contribution in [-0.2, 0) is 4.79 Å². The van der Waals surface area contributed by atoms with E-state index in [-0.39, 0.29) is 5.56 Å². The highest BCUT2D eigenvalue weighted by Gasteiger charge is 2.23. The standard InChI is InChI=1S/C12H13ClO4/c13-9-5-8(11(14)12(15)16)3-4-10(9)17-6-7-1-2-7/h3-5,7,11,14H,1-2,6H2,(H,15,16). The number of halogens is 1.